The third kappa shape index (κ3) is 9.85. The predicted molar refractivity (Wildman–Crippen MR) is 126 cm³/mol. The van der Waals surface area contributed by atoms with Gasteiger partial charge in [-0.25, -0.2) is 0 Å². The van der Waals surface area contributed by atoms with Crippen LogP contribution in [0.5, 0.6) is 0 Å². The van der Waals surface area contributed by atoms with Gasteiger partial charge in [-0.2, -0.15) is 0 Å². The van der Waals surface area contributed by atoms with Crippen molar-refractivity contribution in [2.45, 2.75) is 128 Å². The van der Waals surface area contributed by atoms with Crippen LogP contribution in [0.2, 0.25) is 0 Å². The van der Waals surface area contributed by atoms with E-state index in [1.807, 2.05) is 0 Å². The first-order chi connectivity index (χ1) is 12.5. The van der Waals surface area contributed by atoms with E-state index in [1.54, 1.807) is 0 Å². The first-order valence-electron chi connectivity index (χ1n) is 12.5. The zero-order valence-corrected chi connectivity index (χ0v) is 21.2. The van der Waals surface area contributed by atoms with Crippen molar-refractivity contribution in [3.63, 3.8) is 0 Å². The molecule has 0 aliphatic rings. The van der Waals surface area contributed by atoms with Crippen LogP contribution in [-0.2, 0) is 0 Å². The van der Waals surface area contributed by atoms with Crippen LogP contribution in [0.3, 0.4) is 0 Å². The number of rotatable bonds is 15. The Morgan fingerprint density at radius 1 is 0.667 bits per heavy atom. The summed E-state index contributed by atoms with van der Waals surface area (Å²) < 4.78 is 0. The summed E-state index contributed by atoms with van der Waals surface area (Å²) in [5.74, 6) is 6.10. The highest BCUT2D eigenvalue weighted by Crippen LogP contribution is 2.39. The van der Waals surface area contributed by atoms with Gasteiger partial charge in [0.1, 0.15) is 0 Å². The van der Waals surface area contributed by atoms with Crippen LogP contribution in [0.1, 0.15) is 128 Å². The Bertz CT molecular complexity index is 355. The van der Waals surface area contributed by atoms with E-state index in [2.05, 4.69) is 76.2 Å². The van der Waals surface area contributed by atoms with Crippen molar-refractivity contribution in [1.29, 1.82) is 0 Å². The topological polar surface area (TPSA) is 0 Å². The molecule has 0 amide bonds. The van der Waals surface area contributed by atoms with Gasteiger partial charge in [0.05, 0.1) is 0 Å². The molecule has 0 aliphatic carbocycles. The van der Waals surface area contributed by atoms with Gasteiger partial charge < -0.3 is 0 Å². The lowest BCUT2D eigenvalue weighted by Crippen LogP contribution is -2.27. The van der Waals surface area contributed by atoms with Gasteiger partial charge in [0.15, 0.2) is 0 Å². The molecule has 0 fully saturated rings. The maximum Gasteiger partial charge on any atom is -0.0354 e. The Balaban J connectivity index is 4.97. The zero-order chi connectivity index (χ0) is 21.2. The highest BCUT2D eigenvalue weighted by molar-refractivity contribution is 4.80. The monoisotopic (exact) mass is 380 g/mol. The van der Waals surface area contributed by atoms with Crippen molar-refractivity contribution >= 4 is 0 Å². The van der Waals surface area contributed by atoms with Crippen molar-refractivity contribution < 1.29 is 0 Å². The first-order valence-corrected chi connectivity index (χ1v) is 12.5. The van der Waals surface area contributed by atoms with Crippen LogP contribution in [0.4, 0.5) is 0 Å². The molecule has 0 saturated heterocycles. The zero-order valence-electron chi connectivity index (χ0n) is 21.2. The largest absolute Gasteiger partial charge is 0.0651 e. The minimum absolute atomic E-state index is 0.501. The molecule has 7 unspecified atom stereocenters. The van der Waals surface area contributed by atoms with Crippen LogP contribution in [0.15, 0.2) is 0 Å². The summed E-state index contributed by atoms with van der Waals surface area (Å²) in [5, 5.41) is 0. The van der Waals surface area contributed by atoms with Gasteiger partial charge in [-0.15, -0.1) is 0 Å². The molecule has 0 N–H and O–H groups in total. The molecule has 164 valence electrons. The van der Waals surface area contributed by atoms with Gasteiger partial charge in [-0.05, 0) is 72.5 Å². The van der Waals surface area contributed by atoms with Gasteiger partial charge in [0.2, 0.25) is 0 Å². The minimum atomic E-state index is 0.501. The second-order valence-corrected chi connectivity index (χ2v) is 11.1. The van der Waals surface area contributed by atoms with Crippen LogP contribution in [-0.4, -0.2) is 0 Å². The molecule has 0 bridgehead atoms. The predicted octanol–water partition coefficient (Wildman–Crippen LogP) is 9.63. The first kappa shape index (κ1) is 27.0. The fourth-order valence-corrected chi connectivity index (χ4v) is 5.29. The Labute approximate surface area is 174 Å². The van der Waals surface area contributed by atoms with Crippen molar-refractivity contribution in [3.05, 3.63) is 0 Å². The fourth-order valence-electron chi connectivity index (χ4n) is 5.29. The van der Waals surface area contributed by atoms with Crippen LogP contribution in [0, 0.1) is 46.8 Å². The van der Waals surface area contributed by atoms with Crippen LogP contribution < -0.4 is 0 Å². The van der Waals surface area contributed by atoms with E-state index in [9.17, 15) is 0 Å². The van der Waals surface area contributed by atoms with Crippen molar-refractivity contribution in [2.75, 3.05) is 0 Å². The highest BCUT2D eigenvalue weighted by Gasteiger charge is 2.30. The standard InChI is InChI=1S/C27H56/c1-12-20(5)18-22(7)24(9)26(21(6)13-2)17-16-25(14-3)23(8)19-27(10,11)15-4/h20-26H,12-19H2,1-11H3. The Morgan fingerprint density at radius 2 is 1.26 bits per heavy atom. The molecular formula is C27H56. The summed E-state index contributed by atoms with van der Waals surface area (Å²) in [7, 11) is 0. The number of hydrogen-bond acceptors (Lipinski definition) is 0. The average Bonchev–Trinajstić information content (AvgIpc) is 2.63. The lowest BCUT2D eigenvalue weighted by molar-refractivity contribution is 0.136. The Hall–Kier alpha value is 0. The van der Waals surface area contributed by atoms with Crippen molar-refractivity contribution in [3.8, 4) is 0 Å². The van der Waals surface area contributed by atoms with Gasteiger partial charge >= 0.3 is 0 Å². The summed E-state index contributed by atoms with van der Waals surface area (Å²) in [6.45, 7) is 27.0. The smallest absolute Gasteiger partial charge is 0.0354 e. The Kier molecular flexibility index (Phi) is 13.3. The molecule has 27 heavy (non-hydrogen) atoms. The highest BCUT2D eigenvalue weighted by atomic mass is 14.3. The second-order valence-electron chi connectivity index (χ2n) is 11.1. The molecule has 0 aromatic rings. The number of hydrogen-bond donors (Lipinski definition) is 0. The maximum absolute atomic E-state index is 2.56. The van der Waals surface area contributed by atoms with E-state index in [-0.39, 0.29) is 0 Å². The normalized spacial score (nSPS) is 20.6. The van der Waals surface area contributed by atoms with Gasteiger partial charge in [-0.1, -0.05) is 102 Å². The van der Waals surface area contributed by atoms with Gasteiger partial charge in [0.25, 0.3) is 0 Å². The molecule has 0 spiro atoms. The van der Waals surface area contributed by atoms with E-state index in [0.717, 1.165) is 41.4 Å². The van der Waals surface area contributed by atoms with E-state index in [0.29, 0.717) is 5.41 Å². The van der Waals surface area contributed by atoms with Gasteiger partial charge in [-0.3, -0.25) is 0 Å². The third-order valence-corrected chi connectivity index (χ3v) is 8.45. The summed E-state index contributed by atoms with van der Waals surface area (Å²) in [5.41, 5.74) is 0.501. The van der Waals surface area contributed by atoms with Crippen LogP contribution in [0.25, 0.3) is 0 Å². The van der Waals surface area contributed by atoms with Crippen molar-refractivity contribution in [2.24, 2.45) is 46.8 Å². The quantitative estimate of drug-likeness (QED) is 0.265. The molecule has 0 radical (unpaired) electrons. The summed E-state index contributed by atoms with van der Waals surface area (Å²) in [6.07, 6.45) is 11.0. The minimum Gasteiger partial charge on any atom is -0.0651 e. The van der Waals surface area contributed by atoms with Crippen LogP contribution >= 0.6 is 0 Å². The van der Waals surface area contributed by atoms with E-state index < -0.39 is 0 Å². The summed E-state index contributed by atoms with van der Waals surface area (Å²) in [4.78, 5) is 0. The van der Waals surface area contributed by atoms with Crippen molar-refractivity contribution in [1.82, 2.24) is 0 Å². The Morgan fingerprint density at radius 3 is 1.70 bits per heavy atom. The summed E-state index contributed by atoms with van der Waals surface area (Å²) >= 11 is 0. The van der Waals surface area contributed by atoms with E-state index in [4.69, 9.17) is 0 Å². The lowest BCUT2D eigenvalue weighted by atomic mass is 9.69. The SMILES string of the molecule is CCC(C)CC(C)C(C)C(CCC(CC)C(C)CC(C)(C)CC)C(C)CC. The summed E-state index contributed by atoms with van der Waals surface area (Å²) in [6, 6.07) is 0. The molecule has 0 rings (SSSR count). The molecular weight excluding hydrogens is 324 g/mol. The lowest BCUT2D eigenvalue weighted by Gasteiger charge is -2.36. The maximum atomic E-state index is 2.56. The molecule has 0 aliphatic heterocycles. The molecule has 0 saturated carbocycles. The molecule has 0 heterocycles. The van der Waals surface area contributed by atoms with E-state index in [1.165, 1.54) is 51.4 Å². The molecule has 0 aromatic carbocycles. The second kappa shape index (κ2) is 13.3. The van der Waals surface area contributed by atoms with E-state index >= 15 is 0 Å². The average molecular weight is 381 g/mol. The third-order valence-electron chi connectivity index (χ3n) is 8.45. The molecule has 7 atom stereocenters. The molecule has 0 heteroatoms. The van der Waals surface area contributed by atoms with Gasteiger partial charge in [0, 0.05) is 0 Å². The fraction of sp³-hybridized carbons (Fsp3) is 1.00. The molecule has 0 aromatic heterocycles. The molecule has 0 nitrogen and oxygen atoms in total.